The van der Waals surface area contributed by atoms with Crippen LogP contribution in [0.25, 0.3) is 0 Å². The molecular weight excluding hydrogens is 280 g/mol. The van der Waals surface area contributed by atoms with E-state index >= 15 is 0 Å². The van der Waals surface area contributed by atoms with Gasteiger partial charge >= 0.3 is 10.2 Å². The molecule has 1 aromatic carbocycles. The number of hydrogen-bond donors (Lipinski definition) is 0. The lowest BCUT2D eigenvalue weighted by molar-refractivity contribution is 0.525. The first-order valence-electron chi connectivity index (χ1n) is 4.61. The Morgan fingerprint density at radius 1 is 1.11 bits per heavy atom. The third kappa shape index (κ3) is 2.82. The number of sulfonamides is 1. The fourth-order valence-electron chi connectivity index (χ4n) is 1.09. The summed E-state index contributed by atoms with van der Waals surface area (Å²) in [6, 6.07) is 5.58. The van der Waals surface area contributed by atoms with Gasteiger partial charge in [-0.2, -0.15) is 8.42 Å². The van der Waals surface area contributed by atoms with Crippen molar-refractivity contribution in [3.63, 3.8) is 0 Å². The van der Waals surface area contributed by atoms with E-state index in [9.17, 15) is 21.6 Å². The summed E-state index contributed by atoms with van der Waals surface area (Å²) in [7, 11) is -8.05. The van der Waals surface area contributed by atoms with Crippen molar-refractivity contribution in [1.29, 1.82) is 0 Å². The Balaban J connectivity index is 3.32. The normalized spacial score (nSPS) is 12.2. The molecule has 0 atom stereocenters. The highest BCUT2D eigenvalue weighted by atomic mass is 32.3. The van der Waals surface area contributed by atoms with Gasteiger partial charge in [-0.05, 0) is 19.1 Å². The molecule has 18 heavy (non-hydrogen) atoms. The van der Waals surface area contributed by atoms with Crippen molar-refractivity contribution in [3.8, 4) is 0 Å². The second-order valence-corrected chi connectivity index (χ2v) is 7.18. The highest BCUT2D eigenvalue weighted by Crippen LogP contribution is 2.18. The summed E-state index contributed by atoms with van der Waals surface area (Å²) in [6.45, 7) is 1.76. The van der Waals surface area contributed by atoms with Gasteiger partial charge in [-0.3, -0.25) is 0 Å². The smallest absolute Gasteiger partial charge is 0.210 e. The zero-order chi connectivity index (χ0) is 14.0. The summed E-state index contributed by atoms with van der Waals surface area (Å²) in [5, 5.41) is 0. The van der Waals surface area contributed by atoms with Crippen LogP contribution in [0.5, 0.6) is 0 Å². The average molecular weight is 290 g/mol. The predicted octanol–water partition coefficient (Wildman–Crippen LogP) is 0.196. The lowest BCUT2D eigenvalue weighted by Gasteiger charge is -2.13. The van der Waals surface area contributed by atoms with Gasteiger partial charge in [0.2, 0.25) is 0 Å². The van der Waals surface area contributed by atoms with Gasteiger partial charge in [-0.25, -0.2) is 13.2 Å². The first-order valence-corrected chi connectivity index (χ1v) is 7.45. The second-order valence-electron chi connectivity index (χ2n) is 3.36. The number of benzene rings is 1. The zero-order valence-electron chi connectivity index (χ0n) is 9.56. The molecule has 1 aromatic rings. The maximum Gasteiger partial charge on any atom is 0.345 e. The molecule has 0 N–H and O–H groups in total. The van der Waals surface area contributed by atoms with Gasteiger partial charge in [0.15, 0.2) is 0 Å². The molecule has 0 bridgehead atoms. The van der Waals surface area contributed by atoms with Gasteiger partial charge in [-0.1, -0.05) is 25.8 Å². The Morgan fingerprint density at radius 3 is 2.06 bits per heavy atom. The van der Waals surface area contributed by atoms with Crippen LogP contribution in [0.15, 0.2) is 33.6 Å². The lowest BCUT2D eigenvalue weighted by Crippen LogP contribution is -2.31. The largest absolute Gasteiger partial charge is 0.345 e. The maximum absolute atomic E-state index is 11.9. The molecule has 9 heteroatoms. The second kappa shape index (κ2) is 4.99. The maximum atomic E-state index is 11.9. The summed E-state index contributed by atoms with van der Waals surface area (Å²) < 4.78 is 49.0. The zero-order valence-corrected chi connectivity index (χ0v) is 11.2. The van der Waals surface area contributed by atoms with E-state index in [1.54, 1.807) is 6.92 Å². The third-order valence-corrected chi connectivity index (χ3v) is 5.79. The lowest BCUT2D eigenvalue weighted by atomic mass is 10.2. The van der Waals surface area contributed by atoms with Crippen LogP contribution in [0.4, 0.5) is 0 Å². The van der Waals surface area contributed by atoms with E-state index in [1.165, 1.54) is 24.3 Å². The van der Waals surface area contributed by atoms with Gasteiger partial charge in [0, 0.05) is 7.05 Å². The number of nitrogens with zero attached hydrogens (tertiary/aromatic N) is 2. The van der Waals surface area contributed by atoms with Crippen molar-refractivity contribution in [1.82, 2.24) is 3.71 Å². The average Bonchev–Trinajstić information content (AvgIpc) is 2.28. The van der Waals surface area contributed by atoms with E-state index in [0.29, 0.717) is 0 Å². The van der Waals surface area contributed by atoms with E-state index in [-0.39, 0.29) is 8.61 Å². The summed E-state index contributed by atoms with van der Waals surface area (Å²) in [4.78, 5) is 9.73. The molecule has 0 saturated heterocycles. The number of aryl methyl sites for hydroxylation is 1. The van der Waals surface area contributed by atoms with Crippen molar-refractivity contribution in [2.24, 2.45) is 4.40 Å². The number of isocyanates is 1. The monoisotopic (exact) mass is 290 g/mol. The molecule has 0 amide bonds. The minimum Gasteiger partial charge on any atom is -0.210 e. The SMILES string of the molecule is Cc1ccc(S(=O)(=O)N(C)S(=O)(=O)N=C=O)cc1. The highest BCUT2D eigenvalue weighted by molar-refractivity contribution is 8.03. The third-order valence-electron chi connectivity index (χ3n) is 2.13. The molecule has 0 aromatic heterocycles. The van der Waals surface area contributed by atoms with Crippen molar-refractivity contribution < 1.29 is 21.6 Å². The first kappa shape index (κ1) is 14.5. The molecule has 98 valence electrons. The summed E-state index contributed by atoms with van der Waals surface area (Å²) in [5.74, 6) is 0. The molecule has 0 fully saturated rings. The highest BCUT2D eigenvalue weighted by Gasteiger charge is 2.31. The quantitative estimate of drug-likeness (QED) is 0.582. The molecule has 0 aliphatic carbocycles. The minimum atomic E-state index is -4.58. The van der Waals surface area contributed by atoms with Gasteiger partial charge in [0.05, 0.1) is 4.90 Å². The van der Waals surface area contributed by atoms with Gasteiger partial charge in [-0.15, -0.1) is 0 Å². The van der Waals surface area contributed by atoms with E-state index in [0.717, 1.165) is 18.7 Å². The molecule has 0 aliphatic rings. The Kier molecular flexibility index (Phi) is 4.02. The van der Waals surface area contributed by atoms with E-state index in [2.05, 4.69) is 4.40 Å². The molecular formula is C9H10N2O5S2. The molecule has 7 nitrogen and oxygen atoms in total. The standard InChI is InChI=1S/C9H10N2O5S2/c1-8-3-5-9(6-4-8)17(13,14)11(2)18(15,16)10-7-12/h3-6H,1-2H3. The summed E-state index contributed by atoms with van der Waals surface area (Å²) >= 11 is 0. The number of rotatable bonds is 4. The van der Waals surface area contributed by atoms with Gasteiger partial charge in [0.25, 0.3) is 16.1 Å². The van der Waals surface area contributed by atoms with Crippen LogP contribution in [0.3, 0.4) is 0 Å². The molecule has 1 rings (SSSR count). The van der Waals surface area contributed by atoms with E-state index in [1.807, 2.05) is 0 Å². The van der Waals surface area contributed by atoms with E-state index < -0.39 is 20.2 Å². The minimum absolute atomic E-state index is 0.0234. The Bertz CT molecular complexity index is 685. The number of hydrogen-bond acceptors (Lipinski definition) is 5. The van der Waals surface area contributed by atoms with Crippen LogP contribution in [0, 0.1) is 6.92 Å². The number of carbonyl (C=O) groups excluding carboxylic acids is 1. The van der Waals surface area contributed by atoms with Crippen LogP contribution < -0.4 is 0 Å². The summed E-state index contributed by atoms with van der Waals surface area (Å²) in [5.41, 5.74) is 0.824. The topological polar surface area (TPSA) is 101 Å². The predicted molar refractivity (Wildman–Crippen MR) is 63.2 cm³/mol. The van der Waals surface area contributed by atoms with Crippen LogP contribution in [0.1, 0.15) is 5.56 Å². The Morgan fingerprint density at radius 2 is 1.61 bits per heavy atom. The molecule has 0 saturated carbocycles. The van der Waals surface area contributed by atoms with Crippen molar-refractivity contribution in [3.05, 3.63) is 29.8 Å². The Labute approximate surface area is 105 Å². The molecule has 0 unspecified atom stereocenters. The molecule has 0 spiro atoms. The fourth-order valence-corrected chi connectivity index (χ4v) is 3.42. The summed E-state index contributed by atoms with van der Waals surface area (Å²) in [6.07, 6.45) is 0.802. The first-order chi connectivity index (χ1) is 8.21. The van der Waals surface area contributed by atoms with Crippen molar-refractivity contribution in [2.45, 2.75) is 11.8 Å². The van der Waals surface area contributed by atoms with Crippen molar-refractivity contribution >= 4 is 26.3 Å². The fraction of sp³-hybridized carbons (Fsp3) is 0.222. The van der Waals surface area contributed by atoms with Gasteiger partial charge < -0.3 is 0 Å². The molecule has 0 radical (unpaired) electrons. The van der Waals surface area contributed by atoms with Crippen LogP contribution >= 0.6 is 0 Å². The van der Waals surface area contributed by atoms with Crippen LogP contribution in [-0.2, 0) is 25.0 Å². The van der Waals surface area contributed by atoms with E-state index in [4.69, 9.17) is 0 Å². The molecule has 0 aliphatic heterocycles. The molecule has 0 heterocycles. The van der Waals surface area contributed by atoms with Crippen molar-refractivity contribution in [2.75, 3.05) is 7.05 Å². The van der Waals surface area contributed by atoms with Gasteiger partial charge in [0.1, 0.15) is 0 Å². The van der Waals surface area contributed by atoms with Crippen LogP contribution in [0.2, 0.25) is 0 Å². The Hall–Kier alpha value is -1.54. The van der Waals surface area contributed by atoms with Crippen LogP contribution in [-0.4, -0.2) is 33.7 Å².